The summed E-state index contributed by atoms with van der Waals surface area (Å²) in [5, 5.41) is 3.84. The SMILES string of the molecule is CN=C(NCCOc1ncccc1Cl)N1CCC(OCCCOC)CC1.I. The Labute approximate surface area is 183 Å². The molecule has 0 unspecified atom stereocenters. The Hall–Kier alpha value is -0.840. The van der Waals surface area contributed by atoms with Crippen molar-refractivity contribution in [1.29, 1.82) is 0 Å². The Morgan fingerprint density at radius 1 is 1.33 bits per heavy atom. The first-order valence-electron chi connectivity index (χ1n) is 9.04. The molecule has 1 aromatic rings. The van der Waals surface area contributed by atoms with Gasteiger partial charge in [0.25, 0.3) is 0 Å². The van der Waals surface area contributed by atoms with Crippen LogP contribution in [0.15, 0.2) is 23.3 Å². The van der Waals surface area contributed by atoms with Crippen molar-refractivity contribution < 1.29 is 14.2 Å². The van der Waals surface area contributed by atoms with Gasteiger partial charge in [-0.05, 0) is 31.4 Å². The smallest absolute Gasteiger partial charge is 0.232 e. The molecule has 1 aliphatic rings. The third-order valence-corrected chi connectivity index (χ3v) is 4.44. The Morgan fingerprint density at radius 3 is 2.78 bits per heavy atom. The molecule has 2 heterocycles. The van der Waals surface area contributed by atoms with Gasteiger partial charge in [-0.2, -0.15) is 0 Å². The van der Waals surface area contributed by atoms with Crippen LogP contribution in [-0.4, -0.2) is 75.6 Å². The third kappa shape index (κ3) is 8.80. The Balaban J connectivity index is 0.00000364. The molecule has 0 saturated carbocycles. The molecule has 27 heavy (non-hydrogen) atoms. The summed E-state index contributed by atoms with van der Waals surface area (Å²) in [5.74, 6) is 1.34. The van der Waals surface area contributed by atoms with Gasteiger partial charge in [0.15, 0.2) is 5.96 Å². The standard InChI is InChI=1S/C18H29ClN4O3.HI/c1-20-18(22-9-14-26-17-16(19)5-3-8-21-17)23-10-6-15(7-11-23)25-13-4-12-24-2;/h3,5,8,15H,4,6-7,9-14H2,1-2H3,(H,20,22);1H. The molecule has 7 nitrogen and oxygen atoms in total. The lowest BCUT2D eigenvalue weighted by molar-refractivity contribution is 0.00989. The average molecular weight is 513 g/mol. The molecule has 154 valence electrons. The van der Waals surface area contributed by atoms with E-state index in [9.17, 15) is 0 Å². The van der Waals surface area contributed by atoms with E-state index in [1.807, 2.05) is 0 Å². The zero-order valence-electron chi connectivity index (χ0n) is 16.0. The normalized spacial score (nSPS) is 15.4. The summed E-state index contributed by atoms with van der Waals surface area (Å²) >= 11 is 6.02. The number of ether oxygens (including phenoxy) is 3. The van der Waals surface area contributed by atoms with Crippen LogP contribution in [0.2, 0.25) is 5.02 Å². The summed E-state index contributed by atoms with van der Waals surface area (Å²) in [7, 11) is 3.51. The summed E-state index contributed by atoms with van der Waals surface area (Å²) in [6.45, 7) is 4.48. The number of methoxy groups -OCH3 is 1. The topological polar surface area (TPSA) is 68.2 Å². The molecule has 0 spiro atoms. The molecule has 0 bridgehead atoms. The first-order valence-corrected chi connectivity index (χ1v) is 9.42. The van der Waals surface area contributed by atoms with Crippen LogP contribution in [0.4, 0.5) is 0 Å². The highest BCUT2D eigenvalue weighted by molar-refractivity contribution is 14.0. The zero-order chi connectivity index (χ0) is 18.6. The quantitative estimate of drug-likeness (QED) is 0.238. The lowest BCUT2D eigenvalue weighted by Gasteiger charge is -2.34. The van der Waals surface area contributed by atoms with Gasteiger partial charge in [0.05, 0.1) is 12.6 Å². The van der Waals surface area contributed by atoms with Crippen molar-refractivity contribution in [2.75, 3.05) is 53.6 Å². The summed E-state index contributed by atoms with van der Waals surface area (Å²) in [6, 6.07) is 3.54. The van der Waals surface area contributed by atoms with Crippen LogP contribution < -0.4 is 10.1 Å². The second-order valence-corrected chi connectivity index (χ2v) is 6.42. The third-order valence-electron chi connectivity index (χ3n) is 4.15. The molecule has 1 aromatic heterocycles. The van der Waals surface area contributed by atoms with E-state index in [1.165, 1.54) is 0 Å². The van der Waals surface area contributed by atoms with Gasteiger partial charge in [-0.3, -0.25) is 4.99 Å². The first-order chi connectivity index (χ1) is 12.7. The molecule has 1 saturated heterocycles. The first kappa shape index (κ1) is 24.2. The van der Waals surface area contributed by atoms with Crippen LogP contribution in [0.5, 0.6) is 5.88 Å². The predicted molar refractivity (Wildman–Crippen MR) is 119 cm³/mol. The number of rotatable bonds is 9. The van der Waals surface area contributed by atoms with Gasteiger partial charge in [-0.15, -0.1) is 24.0 Å². The molecular weight excluding hydrogens is 483 g/mol. The summed E-state index contributed by atoms with van der Waals surface area (Å²) in [6.07, 6.45) is 4.95. The van der Waals surface area contributed by atoms with Gasteiger partial charge in [0.2, 0.25) is 5.88 Å². The highest BCUT2D eigenvalue weighted by Gasteiger charge is 2.21. The maximum absolute atomic E-state index is 6.02. The second kappa shape index (κ2) is 14.2. The van der Waals surface area contributed by atoms with Gasteiger partial charge in [0, 0.05) is 46.7 Å². The van der Waals surface area contributed by atoms with Crippen molar-refractivity contribution in [3.8, 4) is 5.88 Å². The van der Waals surface area contributed by atoms with Crippen LogP contribution in [0.1, 0.15) is 19.3 Å². The lowest BCUT2D eigenvalue weighted by atomic mass is 10.1. The van der Waals surface area contributed by atoms with Crippen LogP contribution in [0.3, 0.4) is 0 Å². The number of aromatic nitrogens is 1. The number of pyridine rings is 1. The van der Waals surface area contributed by atoms with E-state index in [2.05, 4.69) is 20.2 Å². The summed E-state index contributed by atoms with van der Waals surface area (Å²) < 4.78 is 16.5. The van der Waals surface area contributed by atoms with E-state index >= 15 is 0 Å². The number of aliphatic imine (C=N–C) groups is 1. The molecule has 1 N–H and O–H groups in total. The molecule has 0 radical (unpaired) electrons. The number of nitrogens with one attached hydrogen (secondary N) is 1. The van der Waals surface area contributed by atoms with Gasteiger partial charge in [0.1, 0.15) is 11.6 Å². The van der Waals surface area contributed by atoms with Crippen molar-refractivity contribution in [3.05, 3.63) is 23.4 Å². The average Bonchev–Trinajstić information content (AvgIpc) is 2.67. The monoisotopic (exact) mass is 512 g/mol. The minimum Gasteiger partial charge on any atom is -0.475 e. The van der Waals surface area contributed by atoms with Crippen LogP contribution in [0.25, 0.3) is 0 Å². The Kier molecular flexibility index (Phi) is 12.7. The number of hydrogen-bond acceptors (Lipinski definition) is 5. The van der Waals surface area contributed by atoms with Crippen LogP contribution in [-0.2, 0) is 9.47 Å². The molecule has 9 heteroatoms. The zero-order valence-corrected chi connectivity index (χ0v) is 19.1. The summed E-state index contributed by atoms with van der Waals surface area (Å²) in [5.41, 5.74) is 0. The van der Waals surface area contributed by atoms with Crippen molar-refractivity contribution in [2.24, 2.45) is 4.99 Å². The van der Waals surface area contributed by atoms with E-state index < -0.39 is 0 Å². The fourth-order valence-corrected chi connectivity index (χ4v) is 2.98. The van der Waals surface area contributed by atoms with Crippen molar-refractivity contribution in [1.82, 2.24) is 15.2 Å². The Morgan fingerprint density at radius 2 is 2.11 bits per heavy atom. The maximum Gasteiger partial charge on any atom is 0.232 e. The number of nitrogens with zero attached hydrogens (tertiary/aromatic N) is 3. The van der Waals surface area contributed by atoms with E-state index in [1.54, 1.807) is 32.5 Å². The second-order valence-electron chi connectivity index (χ2n) is 6.02. The molecule has 0 aromatic carbocycles. The number of piperidine rings is 1. The van der Waals surface area contributed by atoms with E-state index in [0.717, 1.165) is 51.5 Å². The molecular formula is C18H30ClIN4O3. The highest BCUT2D eigenvalue weighted by Crippen LogP contribution is 2.19. The largest absolute Gasteiger partial charge is 0.475 e. The fraction of sp³-hybridized carbons (Fsp3) is 0.667. The lowest BCUT2D eigenvalue weighted by Crippen LogP contribution is -2.47. The van der Waals surface area contributed by atoms with Crippen molar-refractivity contribution in [3.63, 3.8) is 0 Å². The number of halogens is 2. The van der Waals surface area contributed by atoms with Crippen LogP contribution in [0, 0.1) is 0 Å². The number of guanidine groups is 1. The minimum atomic E-state index is 0. The van der Waals surface area contributed by atoms with Crippen LogP contribution >= 0.6 is 35.6 Å². The molecule has 1 fully saturated rings. The van der Waals surface area contributed by atoms with Gasteiger partial charge < -0.3 is 24.4 Å². The molecule has 0 atom stereocenters. The van der Waals surface area contributed by atoms with Crippen molar-refractivity contribution >= 4 is 41.5 Å². The number of likely N-dealkylation sites (tertiary alicyclic amines) is 1. The molecule has 0 amide bonds. The van der Waals surface area contributed by atoms with Gasteiger partial charge in [-0.1, -0.05) is 11.6 Å². The predicted octanol–water partition coefficient (Wildman–Crippen LogP) is 2.82. The summed E-state index contributed by atoms with van der Waals surface area (Å²) in [4.78, 5) is 10.7. The van der Waals surface area contributed by atoms with E-state index in [-0.39, 0.29) is 24.0 Å². The highest BCUT2D eigenvalue weighted by atomic mass is 127. The van der Waals surface area contributed by atoms with Gasteiger partial charge >= 0.3 is 0 Å². The minimum absolute atomic E-state index is 0. The molecule has 0 aliphatic carbocycles. The maximum atomic E-state index is 6.02. The van der Waals surface area contributed by atoms with Gasteiger partial charge in [-0.25, -0.2) is 4.98 Å². The number of hydrogen-bond donors (Lipinski definition) is 1. The van der Waals surface area contributed by atoms with E-state index in [0.29, 0.717) is 30.2 Å². The fourth-order valence-electron chi connectivity index (χ4n) is 2.81. The molecule has 2 rings (SSSR count). The van der Waals surface area contributed by atoms with Crippen molar-refractivity contribution in [2.45, 2.75) is 25.4 Å². The van der Waals surface area contributed by atoms with E-state index in [4.69, 9.17) is 25.8 Å². The Bertz CT molecular complexity index is 557. The molecule has 1 aliphatic heterocycles.